The van der Waals surface area contributed by atoms with Gasteiger partial charge in [0.05, 0.1) is 66.2 Å². The first-order valence-electron chi connectivity index (χ1n) is 49.7. The lowest BCUT2D eigenvalue weighted by Crippen LogP contribution is -2.05. The number of furan rings is 1. The van der Waals surface area contributed by atoms with Gasteiger partial charge >= 0.3 is 0 Å². The van der Waals surface area contributed by atoms with Crippen molar-refractivity contribution in [1.29, 1.82) is 0 Å². The first-order valence-corrected chi connectivity index (χ1v) is 49.7. The third kappa shape index (κ3) is 13.9. The molecular formula is C136H92N6O. The second-order valence-electron chi connectivity index (χ2n) is 38.0. The number of aromatic nitrogens is 6. The highest BCUT2D eigenvalue weighted by Crippen LogP contribution is 2.47. The molecule has 0 saturated heterocycles. The van der Waals surface area contributed by atoms with Crippen molar-refractivity contribution >= 4 is 153 Å². The maximum Gasteiger partial charge on any atom is 0.143 e. The summed E-state index contributed by atoms with van der Waals surface area (Å²) in [6.45, 7) is 0. The van der Waals surface area contributed by atoms with Crippen molar-refractivity contribution in [1.82, 2.24) is 27.4 Å². The van der Waals surface area contributed by atoms with Crippen LogP contribution in [0.4, 0.5) is 0 Å². The molecule has 0 atom stereocenters. The second kappa shape index (κ2) is 34.3. The van der Waals surface area contributed by atoms with Crippen LogP contribution >= 0.6 is 0 Å². The molecular weight excluding hydrogens is 1730 g/mol. The number of fused-ring (bicyclic) bond motifs is 23. The van der Waals surface area contributed by atoms with Crippen molar-refractivity contribution in [2.24, 2.45) is 0 Å². The van der Waals surface area contributed by atoms with Gasteiger partial charge in [-0.3, -0.25) is 0 Å². The maximum absolute atomic E-state index is 6.36. The van der Waals surface area contributed by atoms with Gasteiger partial charge in [0.25, 0.3) is 0 Å². The molecule has 0 N–H and O–H groups in total. The molecule has 0 unspecified atom stereocenters. The van der Waals surface area contributed by atoms with Gasteiger partial charge in [0.2, 0.25) is 0 Å². The Morgan fingerprint density at radius 3 is 0.860 bits per heavy atom. The van der Waals surface area contributed by atoms with Crippen LogP contribution in [0.15, 0.2) is 514 Å². The number of rotatable bonds is 12. The molecule has 29 aromatic rings. The molecule has 0 spiro atoms. The van der Waals surface area contributed by atoms with Gasteiger partial charge in [0.15, 0.2) is 0 Å². The summed E-state index contributed by atoms with van der Waals surface area (Å²) in [6, 6.07) is 185. The SMILES string of the molecule is c1ccc(-c2cccc(-c3cccc(-n4c5ccccc5c5cc(-c6ccc7c(c6)c6ccccc6n7-c6ccccc6)ccc54)c3)c2)cc1.c1ccc(-n2c3ccccc3c3cc(-c4ccc5c(c4)c4ccc6c(c4n5-c4ccccc4)CCCC6)ccc32)cc1.c1ccc(-n2c3ccccc3c3cc(-c4ccc5c(c4)c4ccccc4n5-c4ccc(-c5cccc6c5oc5ccccc56)cc4)ccc32)cc1. The number of benzene rings is 22. The van der Waals surface area contributed by atoms with E-state index in [4.69, 9.17) is 4.42 Å². The third-order valence-corrected chi connectivity index (χ3v) is 29.9. The van der Waals surface area contributed by atoms with Gasteiger partial charge < -0.3 is 31.8 Å². The number of aryl methyl sites for hydroxylation is 2. The Labute approximate surface area is 826 Å². The number of hydrogen-bond donors (Lipinski definition) is 0. The quantitative estimate of drug-likeness (QED) is 0.120. The average Bonchev–Trinajstić information content (AvgIpc) is 1.58. The highest BCUT2D eigenvalue weighted by atomic mass is 16.3. The van der Waals surface area contributed by atoms with E-state index in [-0.39, 0.29) is 0 Å². The summed E-state index contributed by atoms with van der Waals surface area (Å²) in [6.07, 6.45) is 4.90. The summed E-state index contributed by atoms with van der Waals surface area (Å²) in [4.78, 5) is 0. The lowest BCUT2D eigenvalue weighted by atomic mass is 9.89. The van der Waals surface area contributed by atoms with Gasteiger partial charge in [-0.2, -0.15) is 0 Å². The fraction of sp³-hybridized carbons (Fsp3) is 0.0294. The van der Waals surface area contributed by atoms with Crippen LogP contribution in [0.5, 0.6) is 0 Å². The molecule has 0 saturated carbocycles. The monoisotopic (exact) mass is 1820 g/mol. The second-order valence-corrected chi connectivity index (χ2v) is 38.0. The van der Waals surface area contributed by atoms with Crippen molar-refractivity contribution in [2.45, 2.75) is 25.7 Å². The summed E-state index contributed by atoms with van der Waals surface area (Å²) < 4.78 is 20.8. The van der Waals surface area contributed by atoms with Crippen molar-refractivity contribution < 1.29 is 4.42 Å². The first-order chi connectivity index (χ1) is 70.9. The van der Waals surface area contributed by atoms with Crippen molar-refractivity contribution in [3.63, 3.8) is 0 Å². The predicted molar refractivity (Wildman–Crippen MR) is 602 cm³/mol. The number of hydrogen-bond acceptors (Lipinski definition) is 1. The Bertz CT molecular complexity index is 10100. The smallest absolute Gasteiger partial charge is 0.143 e. The molecule has 22 aromatic carbocycles. The lowest BCUT2D eigenvalue weighted by molar-refractivity contribution is 0.670. The highest BCUT2D eigenvalue weighted by molar-refractivity contribution is 6.18. The minimum Gasteiger partial charge on any atom is -0.455 e. The normalized spacial score (nSPS) is 12.2. The topological polar surface area (TPSA) is 42.7 Å². The van der Waals surface area contributed by atoms with Crippen LogP contribution in [-0.4, -0.2) is 27.4 Å². The van der Waals surface area contributed by atoms with E-state index >= 15 is 0 Å². The summed E-state index contributed by atoms with van der Waals surface area (Å²) >= 11 is 0. The Morgan fingerprint density at radius 1 is 0.154 bits per heavy atom. The molecule has 7 nitrogen and oxygen atoms in total. The molecule has 672 valence electrons. The molecule has 7 heteroatoms. The molecule has 0 amide bonds. The molecule has 1 aliphatic carbocycles. The van der Waals surface area contributed by atoms with E-state index in [1.807, 2.05) is 12.1 Å². The van der Waals surface area contributed by atoms with Crippen LogP contribution in [0, 0.1) is 0 Å². The van der Waals surface area contributed by atoms with Gasteiger partial charge in [-0.15, -0.1) is 0 Å². The molecule has 0 radical (unpaired) electrons. The number of para-hydroxylation sites is 11. The predicted octanol–water partition coefficient (Wildman–Crippen LogP) is 36.4. The van der Waals surface area contributed by atoms with Crippen molar-refractivity contribution in [3.8, 4) is 101 Å². The minimum atomic E-state index is 0.917. The van der Waals surface area contributed by atoms with Gasteiger partial charge in [0, 0.05) is 115 Å². The van der Waals surface area contributed by atoms with E-state index in [0.29, 0.717) is 0 Å². The van der Waals surface area contributed by atoms with E-state index in [0.717, 1.165) is 50.9 Å². The van der Waals surface area contributed by atoms with Crippen molar-refractivity contribution in [2.75, 3.05) is 0 Å². The van der Waals surface area contributed by atoms with Crippen LogP contribution in [0.2, 0.25) is 0 Å². The van der Waals surface area contributed by atoms with Gasteiger partial charge in [-0.25, -0.2) is 0 Å². The van der Waals surface area contributed by atoms with Crippen LogP contribution < -0.4 is 0 Å². The zero-order chi connectivity index (χ0) is 94.1. The number of nitrogens with zero attached hydrogens (tertiary/aromatic N) is 6. The van der Waals surface area contributed by atoms with E-state index in [1.165, 1.54) is 240 Å². The molecule has 1 aliphatic rings. The molecule has 0 bridgehead atoms. The molecule has 0 fully saturated rings. The summed E-state index contributed by atoms with van der Waals surface area (Å²) in [7, 11) is 0. The van der Waals surface area contributed by atoms with Gasteiger partial charge in [-0.1, -0.05) is 322 Å². The van der Waals surface area contributed by atoms with Crippen LogP contribution in [-0.2, 0) is 12.8 Å². The molecule has 0 aliphatic heterocycles. The van der Waals surface area contributed by atoms with Crippen LogP contribution in [0.3, 0.4) is 0 Å². The van der Waals surface area contributed by atoms with E-state index in [2.05, 4.69) is 525 Å². The Morgan fingerprint density at radius 2 is 0.434 bits per heavy atom. The van der Waals surface area contributed by atoms with Crippen LogP contribution in [0.25, 0.3) is 254 Å². The van der Waals surface area contributed by atoms with Gasteiger partial charge in [0.1, 0.15) is 11.2 Å². The molecule has 7 heterocycles. The summed E-state index contributed by atoms with van der Waals surface area (Å²) in [5, 5.41) is 17.6. The van der Waals surface area contributed by atoms with E-state index in [1.54, 1.807) is 0 Å². The van der Waals surface area contributed by atoms with Crippen molar-refractivity contribution in [3.05, 3.63) is 521 Å². The largest absolute Gasteiger partial charge is 0.455 e. The average molecular weight is 1830 g/mol. The third-order valence-electron chi connectivity index (χ3n) is 29.9. The Balaban J connectivity index is 0.000000105. The Kier molecular flexibility index (Phi) is 19.8. The van der Waals surface area contributed by atoms with Gasteiger partial charge in [-0.05, 0) is 286 Å². The minimum absolute atomic E-state index is 0.917. The molecule has 7 aromatic heterocycles. The Hall–Kier alpha value is -18.6. The van der Waals surface area contributed by atoms with Crippen LogP contribution in [0.1, 0.15) is 24.0 Å². The first kappa shape index (κ1) is 82.7. The van der Waals surface area contributed by atoms with E-state index in [9.17, 15) is 0 Å². The van der Waals surface area contributed by atoms with E-state index < -0.39 is 0 Å². The summed E-state index contributed by atoms with van der Waals surface area (Å²) in [5.74, 6) is 0. The standard InChI is InChI=1S/C48H30N2O.C48H32N2.C40H30N2/c1-2-11-34(12-3-1)49-43-18-7-4-13-37(43)41-29-32(23-27-45(41)49)33-24-28-46-42(30-33)38-14-5-8-19-44(38)50(46)35-25-21-31(22-26-35)36-16-10-17-40-39-15-6-9-20-47(39)51-48(36)40;1-3-13-33(14-4-1)34-15-11-16-35(29-34)36-17-12-20-40(30-36)50-46-24-10-8-22-42(46)44-32-38(26-28-48(44)50)37-25-27-47-43(31-37)41-21-7-9-23-45(41)49(47)39-18-5-2-6-19-39;1-3-12-30(13-4-1)41-37-18-10-9-17-33(37)35-25-28(20-23-38(35)41)29-21-24-39-36(26-29)34-22-19-27-11-7-8-16-32(27)40(34)42(39)31-14-5-2-6-15-31/h1-30H;1-32H;1-6,9-10,12-15,17-26H,7-8,11,16H2. The summed E-state index contributed by atoms with van der Waals surface area (Å²) in [5.41, 5.74) is 41.2. The zero-order valence-corrected chi connectivity index (χ0v) is 78.4. The fourth-order valence-corrected chi connectivity index (χ4v) is 23.4. The zero-order valence-electron chi connectivity index (χ0n) is 78.4. The molecule has 30 rings (SSSR count). The molecule has 143 heavy (non-hydrogen) atoms. The fourth-order valence-electron chi connectivity index (χ4n) is 23.4. The lowest BCUT2D eigenvalue weighted by Gasteiger charge is -2.18. The highest BCUT2D eigenvalue weighted by Gasteiger charge is 2.26. The maximum atomic E-state index is 6.36.